The lowest BCUT2D eigenvalue weighted by Crippen LogP contribution is -2.35. The van der Waals surface area contributed by atoms with Gasteiger partial charge in [-0.2, -0.15) is 0 Å². The van der Waals surface area contributed by atoms with Gasteiger partial charge in [-0.3, -0.25) is 9.80 Å². The minimum absolute atomic E-state index is 0.0985. The summed E-state index contributed by atoms with van der Waals surface area (Å²) in [4.78, 5) is 4.73. The normalized spacial score (nSPS) is 21.9. The summed E-state index contributed by atoms with van der Waals surface area (Å²) >= 11 is 0. The number of aromatic nitrogens is 3. The molecule has 0 unspecified atom stereocenters. The molecule has 2 aliphatic rings. The molecule has 7 nitrogen and oxygen atoms in total. The van der Waals surface area contributed by atoms with Crippen molar-refractivity contribution < 1.29 is 9.84 Å². The van der Waals surface area contributed by atoms with Gasteiger partial charge in [-0.1, -0.05) is 42.5 Å². The zero-order valence-electron chi connectivity index (χ0n) is 17.9. The van der Waals surface area contributed by atoms with Crippen LogP contribution < -0.4 is 4.74 Å². The predicted octanol–water partition coefficient (Wildman–Crippen LogP) is 2.61. The number of benzene rings is 2. The number of rotatable bonds is 6. The van der Waals surface area contributed by atoms with Crippen LogP contribution in [0.2, 0.25) is 0 Å². The number of aliphatic hydroxyl groups is 1. The molecule has 0 aliphatic carbocycles. The Labute approximate surface area is 182 Å². The van der Waals surface area contributed by atoms with E-state index in [2.05, 4.69) is 61.0 Å². The number of likely N-dealkylation sites (tertiary alicyclic amines) is 1. The molecule has 2 atom stereocenters. The summed E-state index contributed by atoms with van der Waals surface area (Å²) in [6.45, 7) is 4.94. The second-order valence-electron chi connectivity index (χ2n) is 8.51. The van der Waals surface area contributed by atoms with Gasteiger partial charge < -0.3 is 14.4 Å². The van der Waals surface area contributed by atoms with Crippen LogP contribution in [0, 0.1) is 0 Å². The van der Waals surface area contributed by atoms with E-state index < -0.39 is 0 Å². The van der Waals surface area contributed by atoms with Crippen LogP contribution >= 0.6 is 0 Å². The highest BCUT2D eigenvalue weighted by atomic mass is 16.5. The summed E-state index contributed by atoms with van der Waals surface area (Å²) in [5.41, 5.74) is 2.49. The minimum atomic E-state index is -0.324. The lowest BCUT2D eigenvalue weighted by Gasteiger charge is -2.30. The number of methoxy groups -OCH3 is 1. The van der Waals surface area contributed by atoms with Crippen molar-refractivity contribution in [2.45, 2.75) is 44.7 Å². The van der Waals surface area contributed by atoms with E-state index in [1.807, 2.05) is 18.2 Å². The summed E-state index contributed by atoms with van der Waals surface area (Å²) in [6, 6.07) is 18.8. The lowest BCUT2D eigenvalue weighted by molar-refractivity contribution is 0.171. The van der Waals surface area contributed by atoms with Gasteiger partial charge in [0.2, 0.25) is 0 Å². The fourth-order valence-electron chi connectivity index (χ4n) is 4.78. The number of hydrogen-bond donors (Lipinski definition) is 1. The summed E-state index contributed by atoms with van der Waals surface area (Å²) in [7, 11) is 1.70. The molecular formula is C24H29N5O2. The second-order valence-corrected chi connectivity index (χ2v) is 8.51. The van der Waals surface area contributed by atoms with E-state index in [9.17, 15) is 5.11 Å². The smallest absolute Gasteiger partial charge is 0.150 e. The van der Waals surface area contributed by atoms with E-state index in [4.69, 9.17) is 4.74 Å². The molecule has 0 spiro atoms. The highest BCUT2D eigenvalue weighted by molar-refractivity contribution is 5.28. The van der Waals surface area contributed by atoms with Gasteiger partial charge in [-0.05, 0) is 29.7 Å². The van der Waals surface area contributed by atoms with Crippen LogP contribution in [0.5, 0.6) is 5.75 Å². The van der Waals surface area contributed by atoms with Crippen molar-refractivity contribution >= 4 is 0 Å². The summed E-state index contributed by atoms with van der Waals surface area (Å²) in [6.07, 6.45) is 0.383. The quantitative estimate of drug-likeness (QED) is 0.663. The number of aliphatic hydroxyl groups excluding tert-OH is 1. The van der Waals surface area contributed by atoms with Crippen LogP contribution in [-0.4, -0.2) is 56.0 Å². The molecule has 0 radical (unpaired) electrons. The molecule has 3 heterocycles. The molecule has 1 saturated heterocycles. The minimum Gasteiger partial charge on any atom is -0.497 e. The zero-order valence-corrected chi connectivity index (χ0v) is 17.9. The Balaban J connectivity index is 1.30. The van der Waals surface area contributed by atoms with Gasteiger partial charge in [0.05, 0.1) is 25.8 Å². The Morgan fingerprint density at radius 3 is 2.68 bits per heavy atom. The van der Waals surface area contributed by atoms with Gasteiger partial charge in [-0.25, -0.2) is 0 Å². The first kappa shape index (κ1) is 20.2. The molecule has 1 N–H and O–H groups in total. The van der Waals surface area contributed by atoms with Gasteiger partial charge in [0, 0.05) is 32.7 Å². The van der Waals surface area contributed by atoms with Gasteiger partial charge >= 0.3 is 0 Å². The highest BCUT2D eigenvalue weighted by Gasteiger charge is 2.36. The van der Waals surface area contributed by atoms with E-state index in [1.54, 1.807) is 7.11 Å². The fourth-order valence-corrected chi connectivity index (χ4v) is 4.78. The molecule has 2 aromatic carbocycles. The van der Waals surface area contributed by atoms with Crippen LogP contribution in [0.3, 0.4) is 0 Å². The molecule has 1 aromatic heterocycles. The molecule has 5 rings (SSSR count). The monoisotopic (exact) mass is 419 g/mol. The van der Waals surface area contributed by atoms with E-state index in [0.717, 1.165) is 50.1 Å². The van der Waals surface area contributed by atoms with Gasteiger partial charge in [0.1, 0.15) is 11.6 Å². The highest BCUT2D eigenvalue weighted by Crippen LogP contribution is 2.33. The van der Waals surface area contributed by atoms with Crippen molar-refractivity contribution in [3.63, 3.8) is 0 Å². The molecule has 0 saturated carbocycles. The van der Waals surface area contributed by atoms with Crippen LogP contribution in [0.1, 0.15) is 35.2 Å². The Morgan fingerprint density at radius 2 is 1.84 bits per heavy atom. The SMILES string of the molecule is COc1cccc(CN2CCn3c(nnc3[C@@H]3C[C@@H](O)CN3Cc3ccccc3)C2)c1. The molecule has 7 heteroatoms. The Morgan fingerprint density at radius 1 is 1.00 bits per heavy atom. The fraction of sp³-hybridized carbons (Fsp3) is 0.417. The summed E-state index contributed by atoms with van der Waals surface area (Å²) < 4.78 is 7.62. The Bertz CT molecular complexity index is 1020. The molecule has 0 bridgehead atoms. The van der Waals surface area contributed by atoms with E-state index in [-0.39, 0.29) is 12.1 Å². The molecule has 1 fully saturated rings. The Hall–Kier alpha value is -2.74. The molecule has 3 aromatic rings. The largest absolute Gasteiger partial charge is 0.497 e. The zero-order chi connectivity index (χ0) is 21.2. The molecule has 31 heavy (non-hydrogen) atoms. The van der Waals surface area contributed by atoms with Crippen molar-refractivity contribution in [1.82, 2.24) is 24.6 Å². The van der Waals surface area contributed by atoms with Crippen LogP contribution in [0.4, 0.5) is 0 Å². The van der Waals surface area contributed by atoms with E-state index in [1.165, 1.54) is 11.1 Å². The van der Waals surface area contributed by atoms with Crippen molar-refractivity contribution in [2.75, 3.05) is 20.2 Å². The first-order valence-electron chi connectivity index (χ1n) is 10.9. The van der Waals surface area contributed by atoms with Crippen molar-refractivity contribution in [3.05, 3.63) is 77.4 Å². The third kappa shape index (κ3) is 4.35. The summed E-state index contributed by atoms with van der Waals surface area (Å²) in [5.74, 6) is 2.88. The summed E-state index contributed by atoms with van der Waals surface area (Å²) in [5, 5.41) is 19.5. The molecule has 162 valence electrons. The van der Waals surface area contributed by atoms with Crippen molar-refractivity contribution in [2.24, 2.45) is 0 Å². The standard InChI is InChI=1S/C24H29N5O2/c1-31-21-9-5-8-19(12-21)14-27-10-11-29-23(17-27)25-26-24(29)22-13-20(30)16-28(22)15-18-6-3-2-4-7-18/h2-9,12,20,22,30H,10-11,13-17H2,1H3/t20-,22+/m1/s1. The number of β-amino-alcohol motifs (C(OH)–C–C–N with tert-alkyl or cyclic N) is 1. The third-order valence-corrected chi connectivity index (χ3v) is 6.31. The van der Waals surface area contributed by atoms with Gasteiger partial charge in [0.15, 0.2) is 5.82 Å². The predicted molar refractivity (Wildman–Crippen MR) is 117 cm³/mol. The number of nitrogens with zero attached hydrogens (tertiary/aromatic N) is 5. The average molecular weight is 420 g/mol. The third-order valence-electron chi connectivity index (χ3n) is 6.31. The van der Waals surface area contributed by atoms with Crippen LogP contribution in [-0.2, 0) is 26.2 Å². The topological polar surface area (TPSA) is 66.6 Å². The van der Waals surface area contributed by atoms with Crippen molar-refractivity contribution in [3.8, 4) is 5.75 Å². The maximum absolute atomic E-state index is 10.4. The lowest BCUT2D eigenvalue weighted by atomic mass is 10.1. The first-order chi connectivity index (χ1) is 15.2. The molecule has 2 aliphatic heterocycles. The number of hydrogen-bond acceptors (Lipinski definition) is 6. The van der Waals surface area contributed by atoms with Gasteiger partial charge in [0.25, 0.3) is 0 Å². The van der Waals surface area contributed by atoms with E-state index >= 15 is 0 Å². The van der Waals surface area contributed by atoms with Crippen LogP contribution in [0.15, 0.2) is 54.6 Å². The molecule has 0 amide bonds. The van der Waals surface area contributed by atoms with Crippen molar-refractivity contribution in [1.29, 1.82) is 0 Å². The number of fused-ring (bicyclic) bond motifs is 1. The van der Waals surface area contributed by atoms with Crippen LogP contribution in [0.25, 0.3) is 0 Å². The maximum atomic E-state index is 10.4. The number of ether oxygens (including phenoxy) is 1. The maximum Gasteiger partial charge on any atom is 0.150 e. The Kier molecular flexibility index (Phi) is 5.72. The first-order valence-corrected chi connectivity index (χ1v) is 10.9. The average Bonchev–Trinajstić information content (AvgIpc) is 3.37. The second kappa shape index (κ2) is 8.78. The van der Waals surface area contributed by atoms with E-state index in [0.29, 0.717) is 13.0 Å². The van der Waals surface area contributed by atoms with Gasteiger partial charge in [-0.15, -0.1) is 10.2 Å². The molecular weight excluding hydrogens is 390 g/mol.